The third-order valence-electron chi connectivity index (χ3n) is 1.55. The fourth-order valence-electron chi connectivity index (χ4n) is 0.885. The molecule has 2 N–H and O–H groups in total. The van der Waals surface area contributed by atoms with Crippen LogP contribution in [0.4, 0.5) is 0 Å². The molecule has 1 heteroatoms. The molecule has 0 radical (unpaired) electrons. The van der Waals surface area contributed by atoms with E-state index in [9.17, 15) is 0 Å². The normalized spacial score (nSPS) is 32.4. The molecule has 1 nitrogen and oxygen atoms in total. The van der Waals surface area contributed by atoms with E-state index in [1.54, 1.807) is 0 Å². The number of hydrogen-bond donors (Lipinski definition) is 1. The highest BCUT2D eigenvalue weighted by Crippen LogP contribution is 2.04. The van der Waals surface area contributed by atoms with Gasteiger partial charge in [0.2, 0.25) is 0 Å². The predicted molar refractivity (Wildman–Crippen MR) is 49.2 cm³/mol. The summed E-state index contributed by atoms with van der Waals surface area (Å²) in [6.45, 7) is 1.98. The maximum Gasteiger partial charge on any atom is 0.0266 e. The van der Waals surface area contributed by atoms with E-state index in [1.165, 1.54) is 0 Å². The average molecular weight is 147 g/mol. The fraction of sp³-hybridized carbons (Fsp3) is 0.200. The van der Waals surface area contributed by atoms with Crippen molar-refractivity contribution in [1.82, 2.24) is 0 Å². The van der Waals surface area contributed by atoms with Gasteiger partial charge in [0.05, 0.1) is 0 Å². The quantitative estimate of drug-likeness (QED) is 0.602. The van der Waals surface area contributed by atoms with E-state index in [2.05, 4.69) is 0 Å². The molecule has 1 aliphatic rings. The maximum atomic E-state index is 5.71. The Hall–Kier alpha value is -1.08. The van der Waals surface area contributed by atoms with Crippen LogP contribution in [-0.2, 0) is 0 Å². The van der Waals surface area contributed by atoms with Crippen LogP contribution in [0.2, 0.25) is 0 Å². The van der Waals surface area contributed by atoms with Gasteiger partial charge in [-0.15, -0.1) is 0 Å². The van der Waals surface area contributed by atoms with E-state index in [1.807, 2.05) is 49.5 Å². The Morgan fingerprint density at radius 3 is 2.45 bits per heavy atom. The van der Waals surface area contributed by atoms with Gasteiger partial charge in [-0.05, 0) is 12.5 Å². The SMILES string of the molecule is CC(N)C1=C/C=C\C=C/C=C\1. The summed E-state index contributed by atoms with van der Waals surface area (Å²) in [7, 11) is 0. The molecule has 58 valence electrons. The zero-order chi connectivity index (χ0) is 8.10. The molecule has 1 rings (SSSR count). The topological polar surface area (TPSA) is 26.0 Å². The molecule has 0 aromatic carbocycles. The summed E-state index contributed by atoms with van der Waals surface area (Å²) < 4.78 is 0. The van der Waals surface area contributed by atoms with Gasteiger partial charge in [0.15, 0.2) is 0 Å². The fourth-order valence-corrected chi connectivity index (χ4v) is 0.885. The van der Waals surface area contributed by atoms with Crippen molar-refractivity contribution in [3.63, 3.8) is 0 Å². The zero-order valence-electron chi connectivity index (χ0n) is 6.70. The van der Waals surface area contributed by atoms with Crippen molar-refractivity contribution in [2.24, 2.45) is 5.73 Å². The van der Waals surface area contributed by atoms with E-state index in [0.29, 0.717) is 0 Å². The molecule has 0 spiro atoms. The van der Waals surface area contributed by atoms with Crippen LogP contribution in [0.15, 0.2) is 48.1 Å². The standard InChI is InChI=1S/C10H13N/c1-9(11)10-7-5-3-2-4-6-8-10/h2-9H,11H2,1H3/b3-2-,4-2?,5-3?,6-4-,7-5-,8-6?,10-7?,10-8+. The van der Waals surface area contributed by atoms with E-state index in [4.69, 9.17) is 5.73 Å². The van der Waals surface area contributed by atoms with Crippen LogP contribution in [0, 0.1) is 0 Å². The third kappa shape index (κ3) is 2.56. The summed E-state index contributed by atoms with van der Waals surface area (Å²) >= 11 is 0. The first-order valence-corrected chi connectivity index (χ1v) is 3.78. The molecule has 1 unspecified atom stereocenters. The molecule has 0 bridgehead atoms. The highest BCUT2D eigenvalue weighted by atomic mass is 14.6. The average Bonchev–Trinajstić information content (AvgIpc) is 1.84. The first-order valence-electron chi connectivity index (χ1n) is 3.78. The van der Waals surface area contributed by atoms with Crippen molar-refractivity contribution in [2.45, 2.75) is 13.0 Å². The summed E-state index contributed by atoms with van der Waals surface area (Å²) in [6.07, 6.45) is 14.0. The second-order valence-electron chi connectivity index (χ2n) is 2.58. The molecule has 0 saturated carbocycles. The van der Waals surface area contributed by atoms with Gasteiger partial charge < -0.3 is 5.73 Å². The second kappa shape index (κ2) is 3.94. The van der Waals surface area contributed by atoms with Crippen molar-refractivity contribution < 1.29 is 0 Å². The Bertz CT molecular complexity index is 229. The van der Waals surface area contributed by atoms with Crippen LogP contribution in [0.1, 0.15) is 6.92 Å². The van der Waals surface area contributed by atoms with Crippen molar-refractivity contribution in [3.05, 3.63) is 48.1 Å². The number of rotatable bonds is 1. The molecule has 11 heavy (non-hydrogen) atoms. The van der Waals surface area contributed by atoms with Crippen LogP contribution < -0.4 is 5.73 Å². The Morgan fingerprint density at radius 1 is 1.09 bits per heavy atom. The van der Waals surface area contributed by atoms with Gasteiger partial charge in [-0.2, -0.15) is 0 Å². The minimum absolute atomic E-state index is 0.113. The van der Waals surface area contributed by atoms with Crippen LogP contribution in [-0.4, -0.2) is 6.04 Å². The highest BCUT2D eigenvalue weighted by Gasteiger charge is 1.96. The molecule has 0 amide bonds. The van der Waals surface area contributed by atoms with Crippen molar-refractivity contribution in [1.29, 1.82) is 0 Å². The maximum absolute atomic E-state index is 5.71. The van der Waals surface area contributed by atoms with Crippen molar-refractivity contribution >= 4 is 0 Å². The Balaban J connectivity index is 2.78. The molecule has 1 atom stereocenters. The second-order valence-corrected chi connectivity index (χ2v) is 2.58. The van der Waals surface area contributed by atoms with E-state index >= 15 is 0 Å². The number of nitrogens with two attached hydrogens (primary N) is 1. The zero-order valence-corrected chi connectivity index (χ0v) is 6.70. The summed E-state index contributed by atoms with van der Waals surface area (Å²) in [6, 6.07) is 0.113. The molecular weight excluding hydrogens is 134 g/mol. The van der Waals surface area contributed by atoms with Crippen molar-refractivity contribution in [3.8, 4) is 0 Å². The van der Waals surface area contributed by atoms with Crippen molar-refractivity contribution in [2.75, 3.05) is 0 Å². The lowest BCUT2D eigenvalue weighted by Gasteiger charge is -2.04. The van der Waals surface area contributed by atoms with Crippen LogP contribution >= 0.6 is 0 Å². The van der Waals surface area contributed by atoms with E-state index in [-0.39, 0.29) is 6.04 Å². The monoisotopic (exact) mass is 147 g/mol. The van der Waals surface area contributed by atoms with Crippen LogP contribution in [0.25, 0.3) is 0 Å². The largest absolute Gasteiger partial charge is 0.324 e. The van der Waals surface area contributed by atoms with Gasteiger partial charge in [-0.3, -0.25) is 0 Å². The minimum Gasteiger partial charge on any atom is -0.324 e. The number of hydrogen-bond acceptors (Lipinski definition) is 1. The molecule has 0 aromatic heterocycles. The lowest BCUT2D eigenvalue weighted by Crippen LogP contribution is -2.16. The van der Waals surface area contributed by atoms with E-state index in [0.717, 1.165) is 5.57 Å². The Kier molecular flexibility index (Phi) is 2.87. The Morgan fingerprint density at radius 2 is 1.73 bits per heavy atom. The first kappa shape index (κ1) is 8.02. The van der Waals surface area contributed by atoms with Crippen LogP contribution in [0.5, 0.6) is 0 Å². The lowest BCUT2D eigenvalue weighted by atomic mass is 10.1. The highest BCUT2D eigenvalue weighted by molar-refractivity contribution is 5.33. The minimum atomic E-state index is 0.113. The smallest absolute Gasteiger partial charge is 0.0266 e. The first-order chi connectivity index (χ1) is 5.30. The third-order valence-corrected chi connectivity index (χ3v) is 1.55. The molecular formula is C10H13N. The van der Waals surface area contributed by atoms with Crippen LogP contribution in [0.3, 0.4) is 0 Å². The van der Waals surface area contributed by atoms with Gasteiger partial charge in [0, 0.05) is 6.04 Å². The number of allylic oxidation sites excluding steroid dienone is 6. The summed E-state index contributed by atoms with van der Waals surface area (Å²) in [5.74, 6) is 0. The molecule has 0 heterocycles. The summed E-state index contributed by atoms with van der Waals surface area (Å²) in [5.41, 5.74) is 6.87. The summed E-state index contributed by atoms with van der Waals surface area (Å²) in [5, 5.41) is 0. The molecule has 1 aliphatic carbocycles. The van der Waals surface area contributed by atoms with Gasteiger partial charge in [0.25, 0.3) is 0 Å². The predicted octanol–water partition coefficient (Wildman–Crippen LogP) is 1.94. The van der Waals surface area contributed by atoms with E-state index < -0.39 is 0 Å². The molecule has 0 aromatic rings. The van der Waals surface area contributed by atoms with Gasteiger partial charge in [0.1, 0.15) is 0 Å². The van der Waals surface area contributed by atoms with Gasteiger partial charge >= 0.3 is 0 Å². The Labute approximate surface area is 67.6 Å². The van der Waals surface area contributed by atoms with Gasteiger partial charge in [-0.1, -0.05) is 42.5 Å². The summed E-state index contributed by atoms with van der Waals surface area (Å²) in [4.78, 5) is 0. The molecule has 0 saturated heterocycles. The lowest BCUT2D eigenvalue weighted by molar-refractivity contribution is 0.885. The van der Waals surface area contributed by atoms with Gasteiger partial charge in [-0.25, -0.2) is 0 Å². The molecule has 0 aliphatic heterocycles. The molecule has 0 fully saturated rings.